The van der Waals surface area contributed by atoms with Crippen molar-refractivity contribution in [3.05, 3.63) is 0 Å². The maximum Gasteiger partial charge on any atom is 0.308 e. The third kappa shape index (κ3) is 25.7. The predicted octanol–water partition coefficient (Wildman–Crippen LogP) is 7.52. The minimum atomic E-state index is -4.25. The first-order valence-electron chi connectivity index (χ1n) is 14.1. The van der Waals surface area contributed by atoms with E-state index in [1.165, 1.54) is 64.2 Å². The zero-order valence-electron chi connectivity index (χ0n) is 22.4. The fourth-order valence-corrected chi connectivity index (χ4v) is 4.45. The zero-order chi connectivity index (χ0) is 26.2. The molecule has 0 aromatic heterocycles. The minimum Gasteiger partial charge on any atom is -0.425 e. The number of unbranched alkanes of at least 4 members (excludes halogenated alkanes) is 16. The fraction of sp³-hybridized carbons (Fsp3) is 0.926. The van der Waals surface area contributed by atoms with Crippen molar-refractivity contribution in [1.29, 1.82) is 0 Å². The average molecular weight is 521 g/mol. The Balaban J connectivity index is 4.13. The molecule has 0 saturated heterocycles. The zero-order valence-corrected chi connectivity index (χ0v) is 23.3. The Morgan fingerprint density at radius 1 is 0.600 bits per heavy atom. The van der Waals surface area contributed by atoms with Gasteiger partial charge in [-0.15, -0.1) is 0 Å². The van der Waals surface area contributed by atoms with E-state index in [-0.39, 0.29) is 19.3 Å². The highest BCUT2D eigenvalue weighted by Crippen LogP contribution is 2.14. The minimum absolute atomic E-state index is 0.202. The van der Waals surface area contributed by atoms with Gasteiger partial charge in [0, 0.05) is 19.3 Å². The van der Waals surface area contributed by atoms with Crippen molar-refractivity contribution in [2.45, 2.75) is 155 Å². The molecule has 0 aromatic rings. The third-order valence-electron chi connectivity index (χ3n) is 6.11. The van der Waals surface area contributed by atoms with E-state index in [1.54, 1.807) is 0 Å². The molecule has 1 N–H and O–H groups in total. The van der Waals surface area contributed by atoms with Gasteiger partial charge in [0.15, 0.2) is 0 Å². The maximum atomic E-state index is 12.2. The van der Waals surface area contributed by atoms with Crippen LogP contribution in [0.2, 0.25) is 0 Å². The highest BCUT2D eigenvalue weighted by Gasteiger charge is 2.21. The van der Waals surface area contributed by atoms with E-state index in [2.05, 4.69) is 13.8 Å². The number of hydrogen-bond acceptors (Lipinski definition) is 6. The summed E-state index contributed by atoms with van der Waals surface area (Å²) in [6.07, 6.45) is 19.1. The van der Waals surface area contributed by atoms with Gasteiger partial charge in [0.25, 0.3) is 10.1 Å². The highest BCUT2D eigenvalue weighted by atomic mass is 32.2. The summed E-state index contributed by atoms with van der Waals surface area (Å²) in [4.78, 5) is 24.3. The molecule has 0 rings (SSSR count). The molecule has 0 saturated carbocycles. The molecule has 0 aromatic carbocycles. The summed E-state index contributed by atoms with van der Waals surface area (Å²) in [6.45, 7) is 4.40. The first-order valence-corrected chi connectivity index (χ1v) is 15.7. The monoisotopic (exact) mass is 520 g/mol. The topological polar surface area (TPSA) is 107 Å². The van der Waals surface area contributed by atoms with Gasteiger partial charge in [-0.3, -0.25) is 14.1 Å². The summed E-state index contributed by atoms with van der Waals surface area (Å²) >= 11 is 0. The molecule has 0 amide bonds. The number of esters is 2. The molecule has 208 valence electrons. The van der Waals surface area contributed by atoms with Crippen LogP contribution in [0, 0.1) is 0 Å². The van der Waals surface area contributed by atoms with Gasteiger partial charge in [0.05, 0.1) is 5.75 Å². The number of carbonyl (C=O) groups excluding carboxylic acids is 2. The second-order valence-corrected chi connectivity index (χ2v) is 11.2. The molecule has 8 heteroatoms. The second-order valence-electron chi connectivity index (χ2n) is 9.64. The molecular weight excluding hydrogens is 468 g/mol. The Labute approximate surface area is 214 Å². The van der Waals surface area contributed by atoms with E-state index in [9.17, 15) is 18.0 Å². The van der Waals surface area contributed by atoms with Gasteiger partial charge in [0.2, 0.25) is 6.29 Å². The maximum absolute atomic E-state index is 12.2. The molecule has 0 bridgehead atoms. The Bertz CT molecular complexity index is 583. The lowest BCUT2D eigenvalue weighted by molar-refractivity contribution is -0.188. The molecule has 0 aliphatic carbocycles. The van der Waals surface area contributed by atoms with Gasteiger partial charge < -0.3 is 9.47 Å². The van der Waals surface area contributed by atoms with Gasteiger partial charge in [0.1, 0.15) is 0 Å². The second kappa shape index (κ2) is 23.3. The molecule has 0 aliphatic rings. The Hall–Kier alpha value is -1.15. The van der Waals surface area contributed by atoms with Gasteiger partial charge >= 0.3 is 11.9 Å². The quantitative estimate of drug-likeness (QED) is 0.0574. The van der Waals surface area contributed by atoms with Crippen LogP contribution in [-0.2, 0) is 29.2 Å². The van der Waals surface area contributed by atoms with Crippen molar-refractivity contribution < 1.29 is 32.0 Å². The Morgan fingerprint density at radius 3 is 1.23 bits per heavy atom. The van der Waals surface area contributed by atoms with E-state index in [4.69, 9.17) is 14.0 Å². The first kappa shape index (κ1) is 33.8. The fourth-order valence-electron chi connectivity index (χ4n) is 3.96. The van der Waals surface area contributed by atoms with Crippen molar-refractivity contribution in [3.63, 3.8) is 0 Å². The molecule has 0 atom stereocenters. The van der Waals surface area contributed by atoms with Crippen LogP contribution in [-0.4, -0.2) is 37.0 Å². The normalized spacial score (nSPS) is 11.7. The molecule has 0 fully saturated rings. The van der Waals surface area contributed by atoms with Crippen molar-refractivity contribution in [3.8, 4) is 0 Å². The van der Waals surface area contributed by atoms with Gasteiger partial charge in [-0.1, -0.05) is 117 Å². The van der Waals surface area contributed by atoms with Crippen LogP contribution in [0.4, 0.5) is 0 Å². The molecule has 35 heavy (non-hydrogen) atoms. The van der Waals surface area contributed by atoms with Crippen LogP contribution in [0.3, 0.4) is 0 Å². The predicted molar refractivity (Wildman–Crippen MR) is 141 cm³/mol. The molecule has 0 aliphatic heterocycles. The van der Waals surface area contributed by atoms with Crippen LogP contribution in [0.25, 0.3) is 0 Å². The SMILES string of the molecule is CCCCCCCCCCCC(=O)OC(CCS(=O)(=O)O)OC(=O)CCCCCCCCCCC. The van der Waals surface area contributed by atoms with E-state index in [0.29, 0.717) is 12.8 Å². The average Bonchev–Trinajstić information content (AvgIpc) is 2.80. The lowest BCUT2D eigenvalue weighted by atomic mass is 10.1. The van der Waals surface area contributed by atoms with E-state index >= 15 is 0 Å². The van der Waals surface area contributed by atoms with Crippen molar-refractivity contribution in [2.75, 3.05) is 5.75 Å². The van der Waals surface area contributed by atoms with Crippen LogP contribution >= 0.6 is 0 Å². The molecule has 0 heterocycles. The Kier molecular flexibility index (Phi) is 22.5. The number of rotatable bonds is 25. The van der Waals surface area contributed by atoms with E-state index in [0.717, 1.165) is 38.5 Å². The largest absolute Gasteiger partial charge is 0.425 e. The summed E-state index contributed by atoms with van der Waals surface area (Å²) in [7, 11) is -4.25. The molecule has 0 radical (unpaired) electrons. The molecular formula is C27H52O7S. The summed E-state index contributed by atoms with van der Waals surface area (Å²) in [5, 5.41) is 0. The van der Waals surface area contributed by atoms with Gasteiger partial charge in [-0.25, -0.2) is 0 Å². The molecule has 0 spiro atoms. The van der Waals surface area contributed by atoms with Crippen molar-refractivity contribution in [2.24, 2.45) is 0 Å². The molecule has 0 unspecified atom stereocenters. The standard InChI is InChI=1S/C27H52O7S/c1-3-5-7-9-11-13-15-17-19-21-25(28)33-27(23-24-35(30,31)32)34-26(29)22-20-18-16-14-12-10-8-6-4-2/h27H,3-24H2,1-2H3,(H,30,31,32). The van der Waals surface area contributed by atoms with E-state index < -0.39 is 34.1 Å². The summed E-state index contributed by atoms with van der Waals surface area (Å²) < 4.78 is 41.6. The van der Waals surface area contributed by atoms with Crippen LogP contribution < -0.4 is 0 Å². The number of ether oxygens (including phenoxy) is 2. The summed E-state index contributed by atoms with van der Waals surface area (Å²) in [6, 6.07) is 0. The van der Waals surface area contributed by atoms with Crippen LogP contribution in [0.1, 0.15) is 149 Å². The summed E-state index contributed by atoms with van der Waals surface area (Å²) in [5.41, 5.74) is 0. The van der Waals surface area contributed by atoms with Crippen molar-refractivity contribution >= 4 is 22.1 Å². The van der Waals surface area contributed by atoms with Gasteiger partial charge in [-0.2, -0.15) is 8.42 Å². The van der Waals surface area contributed by atoms with E-state index in [1.807, 2.05) is 0 Å². The van der Waals surface area contributed by atoms with Crippen molar-refractivity contribution in [1.82, 2.24) is 0 Å². The molecule has 7 nitrogen and oxygen atoms in total. The van der Waals surface area contributed by atoms with Crippen LogP contribution in [0.15, 0.2) is 0 Å². The van der Waals surface area contributed by atoms with Gasteiger partial charge in [-0.05, 0) is 12.8 Å². The number of hydrogen-bond donors (Lipinski definition) is 1. The summed E-state index contributed by atoms with van der Waals surface area (Å²) in [5.74, 6) is -1.65. The third-order valence-corrected chi connectivity index (χ3v) is 6.86. The van der Waals surface area contributed by atoms with Crippen LogP contribution in [0.5, 0.6) is 0 Å². The lowest BCUT2D eigenvalue weighted by Crippen LogP contribution is -2.27. The first-order chi connectivity index (χ1) is 16.8. The Morgan fingerprint density at radius 2 is 0.914 bits per heavy atom. The smallest absolute Gasteiger partial charge is 0.308 e. The number of carbonyl (C=O) groups is 2. The lowest BCUT2D eigenvalue weighted by Gasteiger charge is -2.18. The highest BCUT2D eigenvalue weighted by molar-refractivity contribution is 7.85.